The van der Waals surface area contributed by atoms with Crippen LogP contribution in [0, 0.1) is 0 Å². The molecule has 0 saturated carbocycles. The molecule has 0 unspecified atom stereocenters. The lowest BCUT2D eigenvalue weighted by Gasteiger charge is -2.43. The number of hydrogen-bond acceptors (Lipinski definition) is 2. The van der Waals surface area contributed by atoms with Gasteiger partial charge < -0.3 is 4.90 Å². The highest BCUT2D eigenvalue weighted by molar-refractivity contribution is 7.27. The molecule has 0 saturated heterocycles. The van der Waals surface area contributed by atoms with Crippen molar-refractivity contribution in [1.82, 2.24) is 0 Å². The van der Waals surface area contributed by atoms with Crippen LogP contribution in [0.5, 0.6) is 0 Å². The first-order chi connectivity index (χ1) is 36.0. The molecule has 3 heterocycles. The summed E-state index contributed by atoms with van der Waals surface area (Å²) < 4.78 is 2.70. The van der Waals surface area contributed by atoms with Crippen LogP contribution in [0.4, 0.5) is 17.1 Å². The first-order valence-corrected chi connectivity index (χ1v) is 28.9. The predicted molar refractivity (Wildman–Crippen MR) is 310 cm³/mol. The number of nitrogens with zero attached hydrogens (tertiary/aromatic N) is 1. The summed E-state index contributed by atoms with van der Waals surface area (Å²) in [6, 6.07) is 87.4. The smallest absolute Gasteiger partial charge is 0.180 e. The standard InChI is InChI=1S/C70H47NSSi/c1-69(2)55-28-14-15-29-59(55)71(61-41-63-52(40-58(61)69)48-24-11-16-31-62(48)73(63,44-18-5-3-6-19-44)45-20-7-4-8-21-45)60-30-17-25-49-50-37-39-57-66(68(50)72-67(49)60)51-36-34-42-32-33-43-35-38-56(65(51)64(42)43)70(57)53-26-12-9-22-46(53)47-23-10-13-27-54(47)70/h3-31,34-41H,32-33H2,1-2H3. The van der Waals surface area contributed by atoms with Crippen molar-refractivity contribution in [2.24, 2.45) is 0 Å². The van der Waals surface area contributed by atoms with E-state index in [1.807, 2.05) is 11.3 Å². The van der Waals surface area contributed by atoms with Crippen LogP contribution in [-0.2, 0) is 23.7 Å². The van der Waals surface area contributed by atoms with Gasteiger partial charge in [-0.1, -0.05) is 214 Å². The molecule has 3 heteroatoms. The molecule has 0 amide bonds. The van der Waals surface area contributed by atoms with Crippen molar-refractivity contribution >= 4 is 88.2 Å². The number of benzene rings is 11. The summed E-state index contributed by atoms with van der Waals surface area (Å²) >= 11 is 2.01. The maximum absolute atomic E-state index is 2.80. The lowest BCUT2D eigenvalue weighted by Crippen LogP contribution is -2.72. The van der Waals surface area contributed by atoms with E-state index in [-0.39, 0.29) is 5.41 Å². The Morgan fingerprint density at radius 2 is 0.973 bits per heavy atom. The van der Waals surface area contributed by atoms with E-state index in [1.165, 1.54) is 147 Å². The molecule has 0 atom stereocenters. The minimum absolute atomic E-state index is 0.262. The van der Waals surface area contributed by atoms with E-state index in [2.05, 4.69) is 243 Å². The van der Waals surface area contributed by atoms with Crippen LogP contribution in [0.1, 0.15) is 58.4 Å². The zero-order valence-corrected chi connectivity index (χ0v) is 42.4. The first kappa shape index (κ1) is 40.5. The summed E-state index contributed by atoms with van der Waals surface area (Å²) in [4.78, 5) is 2.67. The molecule has 0 N–H and O–H groups in total. The van der Waals surface area contributed by atoms with Crippen LogP contribution in [-0.4, -0.2) is 8.07 Å². The van der Waals surface area contributed by atoms with E-state index in [1.54, 1.807) is 0 Å². The predicted octanol–water partition coefficient (Wildman–Crippen LogP) is 15.1. The monoisotopic (exact) mass is 961 g/mol. The Labute approximate surface area is 430 Å². The van der Waals surface area contributed by atoms with E-state index in [0.29, 0.717) is 0 Å². The van der Waals surface area contributed by atoms with Crippen molar-refractivity contribution in [1.29, 1.82) is 0 Å². The molecule has 1 aromatic heterocycles. The van der Waals surface area contributed by atoms with E-state index >= 15 is 0 Å². The van der Waals surface area contributed by atoms with Gasteiger partial charge in [0.05, 0.1) is 27.2 Å². The number of thiophene rings is 1. The van der Waals surface area contributed by atoms with Crippen LogP contribution in [0.3, 0.4) is 0 Å². The second-order valence-electron chi connectivity index (χ2n) is 21.7. The number of aryl methyl sites for hydroxylation is 2. The quantitative estimate of drug-likeness (QED) is 0.160. The highest BCUT2D eigenvalue weighted by Gasteiger charge is 2.53. The molecule has 1 spiro atoms. The van der Waals surface area contributed by atoms with Crippen molar-refractivity contribution < 1.29 is 0 Å². The van der Waals surface area contributed by atoms with Crippen molar-refractivity contribution in [2.45, 2.75) is 37.5 Å². The number of para-hydroxylation sites is 1. The van der Waals surface area contributed by atoms with E-state index in [0.717, 1.165) is 12.8 Å². The van der Waals surface area contributed by atoms with Gasteiger partial charge >= 0.3 is 0 Å². The second kappa shape index (κ2) is 14.1. The Morgan fingerprint density at radius 3 is 1.70 bits per heavy atom. The molecule has 3 aliphatic carbocycles. The highest BCUT2D eigenvalue weighted by Crippen LogP contribution is 2.65. The molecule has 73 heavy (non-hydrogen) atoms. The SMILES string of the molecule is CC1(C)c2ccccc2N(c2cccc3c2sc2c4c(ccc23)C2(c3ccccc3-c3ccccc32)c2ccc3c5c(ccc-4c25)CC3)c2cc3c(cc21)-c1ccccc1[Si]3(c1ccccc1)c1ccccc1. The lowest BCUT2D eigenvalue weighted by atomic mass is 9.61. The first-order valence-electron chi connectivity index (χ1n) is 26.0. The lowest BCUT2D eigenvalue weighted by molar-refractivity contribution is 0.632. The van der Waals surface area contributed by atoms with Crippen molar-refractivity contribution in [3.63, 3.8) is 0 Å². The van der Waals surface area contributed by atoms with Crippen molar-refractivity contribution in [2.75, 3.05) is 4.90 Å². The van der Waals surface area contributed by atoms with Crippen LogP contribution < -0.4 is 25.6 Å². The van der Waals surface area contributed by atoms with Gasteiger partial charge in [0.25, 0.3) is 0 Å². The average molecular weight is 962 g/mol. The summed E-state index contributed by atoms with van der Waals surface area (Å²) in [5.41, 5.74) is 22.6. The van der Waals surface area contributed by atoms with Gasteiger partial charge in [0.1, 0.15) is 0 Å². The van der Waals surface area contributed by atoms with Crippen molar-refractivity contribution in [3.8, 4) is 33.4 Å². The zero-order valence-electron chi connectivity index (χ0n) is 40.6. The second-order valence-corrected chi connectivity index (χ2v) is 26.4. The van der Waals surface area contributed by atoms with Crippen molar-refractivity contribution in [3.05, 3.63) is 269 Å². The van der Waals surface area contributed by atoms with Crippen LogP contribution >= 0.6 is 11.3 Å². The number of fused-ring (bicyclic) bond motifs is 18. The molecule has 1 nitrogen and oxygen atoms in total. The summed E-state index contributed by atoms with van der Waals surface area (Å²) in [6.07, 6.45) is 2.20. The van der Waals surface area contributed by atoms with Gasteiger partial charge in [-0.05, 0) is 141 Å². The third-order valence-electron chi connectivity index (χ3n) is 18.2. The molecule has 2 aliphatic heterocycles. The number of anilines is 3. The molecular weight excluding hydrogens is 915 g/mol. The summed E-state index contributed by atoms with van der Waals surface area (Å²) in [6.45, 7) is 4.89. The number of hydrogen-bond donors (Lipinski definition) is 0. The summed E-state index contributed by atoms with van der Waals surface area (Å²) in [5.74, 6) is 0. The van der Waals surface area contributed by atoms with E-state index < -0.39 is 13.5 Å². The highest BCUT2D eigenvalue weighted by atomic mass is 32.1. The topological polar surface area (TPSA) is 3.24 Å². The van der Waals surface area contributed by atoms with Gasteiger partial charge in [0.15, 0.2) is 8.07 Å². The minimum atomic E-state index is -2.80. The third-order valence-corrected chi connectivity index (χ3v) is 24.3. The molecule has 5 aliphatic rings. The van der Waals surface area contributed by atoms with Gasteiger partial charge in [-0.2, -0.15) is 0 Å². The summed E-state index contributed by atoms with van der Waals surface area (Å²) in [5, 5.41) is 11.4. The molecule has 0 bridgehead atoms. The maximum atomic E-state index is 2.67. The van der Waals surface area contributed by atoms with E-state index in [9.17, 15) is 0 Å². The Kier molecular flexibility index (Phi) is 7.83. The van der Waals surface area contributed by atoms with Gasteiger partial charge in [0.2, 0.25) is 0 Å². The Hall–Kier alpha value is -8.08. The van der Waals surface area contributed by atoms with Crippen LogP contribution in [0.2, 0.25) is 0 Å². The van der Waals surface area contributed by atoms with Gasteiger partial charge in [-0.15, -0.1) is 11.3 Å². The number of rotatable bonds is 3. The molecule has 0 radical (unpaired) electrons. The fourth-order valence-corrected chi connectivity index (χ4v) is 21.9. The fraction of sp³-hybridized carbons (Fsp3) is 0.0857. The van der Waals surface area contributed by atoms with E-state index in [4.69, 9.17) is 0 Å². The molecule has 342 valence electrons. The molecule has 12 aromatic rings. The third kappa shape index (κ3) is 4.80. The fourth-order valence-electron chi connectivity index (χ4n) is 15.3. The zero-order chi connectivity index (χ0) is 48.0. The molecule has 11 aromatic carbocycles. The molecule has 0 fully saturated rings. The molecule has 17 rings (SSSR count). The average Bonchev–Trinajstić information content (AvgIpc) is 4.21. The van der Waals surface area contributed by atoms with Crippen LogP contribution in [0.25, 0.3) is 64.3 Å². The Bertz CT molecular complexity index is 4330. The normalized spacial score (nSPS) is 16.0. The largest absolute Gasteiger partial charge is 0.308 e. The minimum Gasteiger partial charge on any atom is -0.308 e. The molecular formula is C70H47NSSi. The summed E-state index contributed by atoms with van der Waals surface area (Å²) in [7, 11) is -2.80. The van der Waals surface area contributed by atoms with Gasteiger partial charge in [-0.3, -0.25) is 0 Å². The maximum Gasteiger partial charge on any atom is 0.180 e. The van der Waals surface area contributed by atoms with Crippen LogP contribution in [0.15, 0.2) is 224 Å². The Morgan fingerprint density at radius 1 is 0.384 bits per heavy atom. The van der Waals surface area contributed by atoms with Gasteiger partial charge in [0, 0.05) is 26.5 Å². The van der Waals surface area contributed by atoms with Gasteiger partial charge in [-0.25, -0.2) is 0 Å². The Balaban J connectivity index is 0.978.